The van der Waals surface area contributed by atoms with Gasteiger partial charge in [0, 0.05) is 25.6 Å². The number of allylic oxidation sites excluding steroid dienone is 1. The Labute approximate surface area is 189 Å². The number of ether oxygens (including phenoxy) is 2. The summed E-state index contributed by atoms with van der Waals surface area (Å²) in [6, 6.07) is -1.74. The second-order valence-corrected chi connectivity index (χ2v) is 9.92. The second kappa shape index (κ2) is 10.2. The maximum absolute atomic E-state index is 13.6. The summed E-state index contributed by atoms with van der Waals surface area (Å²) >= 11 is 0. The first-order valence-electron chi connectivity index (χ1n) is 11.7. The average molecular weight is 452 g/mol. The monoisotopic (exact) mass is 451 g/mol. The second-order valence-electron chi connectivity index (χ2n) is 9.92. The van der Waals surface area contributed by atoms with Crippen molar-refractivity contribution in [1.29, 1.82) is 0 Å². The molecule has 0 aromatic carbocycles. The molecule has 3 N–H and O–H groups in total. The van der Waals surface area contributed by atoms with Crippen molar-refractivity contribution in [3.8, 4) is 0 Å². The van der Waals surface area contributed by atoms with Gasteiger partial charge in [0.2, 0.25) is 11.8 Å². The number of carbonyl (C=O) groups excluding carboxylic acids is 3. The number of carbonyl (C=O) groups is 3. The number of nitrogens with zero attached hydrogens (tertiary/aromatic N) is 1. The number of hydrogen-bond acceptors (Lipinski definition) is 6. The van der Waals surface area contributed by atoms with Gasteiger partial charge >= 0.3 is 6.09 Å². The van der Waals surface area contributed by atoms with Crippen molar-refractivity contribution in [2.24, 2.45) is 5.92 Å². The van der Waals surface area contributed by atoms with Crippen LogP contribution in [0.5, 0.6) is 0 Å². The lowest BCUT2D eigenvalue weighted by Gasteiger charge is -2.33. The molecule has 6 atom stereocenters. The van der Waals surface area contributed by atoms with Crippen molar-refractivity contribution in [2.75, 3.05) is 13.2 Å². The summed E-state index contributed by atoms with van der Waals surface area (Å²) in [7, 11) is 0. The Kier molecular flexibility index (Phi) is 7.82. The summed E-state index contributed by atoms with van der Waals surface area (Å²) in [5.74, 6) is -0.402. The minimum Gasteiger partial charge on any atom is -0.444 e. The first-order chi connectivity index (χ1) is 15.1. The van der Waals surface area contributed by atoms with Gasteiger partial charge in [-0.25, -0.2) is 4.79 Å². The molecule has 3 rings (SSSR count). The molecule has 0 spiro atoms. The third-order valence-electron chi connectivity index (χ3n) is 5.97. The first kappa shape index (κ1) is 24.5. The van der Waals surface area contributed by atoms with Crippen molar-refractivity contribution in [2.45, 2.75) is 95.7 Å². The predicted octanol–water partition coefficient (Wildman–Crippen LogP) is 1.49. The normalized spacial score (nSPS) is 35.0. The third-order valence-corrected chi connectivity index (χ3v) is 5.97. The SMILES string of the molecule is CCC1OCCC/C=C\[C@@H]2CC2NC(=O)C2C[C@@H](O)CN2C(=O)[C@H]1NC(=O)OC(C)(C)C. The molecule has 3 amide bonds. The van der Waals surface area contributed by atoms with Crippen molar-refractivity contribution >= 4 is 17.9 Å². The van der Waals surface area contributed by atoms with Gasteiger partial charge in [0.15, 0.2) is 0 Å². The van der Waals surface area contributed by atoms with E-state index < -0.39 is 41.9 Å². The molecule has 3 aliphatic rings. The summed E-state index contributed by atoms with van der Waals surface area (Å²) in [5, 5.41) is 15.9. The molecule has 32 heavy (non-hydrogen) atoms. The van der Waals surface area contributed by atoms with Crippen molar-refractivity contribution in [3.05, 3.63) is 12.2 Å². The summed E-state index contributed by atoms with van der Waals surface area (Å²) in [5.41, 5.74) is -0.727. The molecule has 0 aromatic rings. The van der Waals surface area contributed by atoms with Crippen LogP contribution in [-0.4, -0.2) is 77.0 Å². The minimum atomic E-state index is -1.02. The molecule has 9 heteroatoms. The fraction of sp³-hybridized carbons (Fsp3) is 0.783. The zero-order valence-corrected chi connectivity index (χ0v) is 19.5. The molecule has 0 aromatic heterocycles. The van der Waals surface area contributed by atoms with Crippen LogP contribution in [0.15, 0.2) is 12.2 Å². The highest BCUT2D eigenvalue weighted by molar-refractivity contribution is 5.92. The van der Waals surface area contributed by atoms with Gasteiger partial charge in [-0.2, -0.15) is 0 Å². The van der Waals surface area contributed by atoms with Crippen LogP contribution in [0.1, 0.15) is 59.8 Å². The van der Waals surface area contributed by atoms with E-state index in [4.69, 9.17) is 9.47 Å². The highest BCUT2D eigenvalue weighted by Gasteiger charge is 2.46. The zero-order chi connectivity index (χ0) is 23.5. The number of aliphatic hydroxyl groups excluding tert-OH is 1. The summed E-state index contributed by atoms with van der Waals surface area (Å²) in [6.07, 6.45) is 5.28. The Bertz CT molecular complexity index is 734. The van der Waals surface area contributed by atoms with E-state index in [1.807, 2.05) is 6.92 Å². The number of hydrogen-bond donors (Lipinski definition) is 3. The number of aliphatic hydroxyl groups is 1. The van der Waals surface area contributed by atoms with Gasteiger partial charge in [-0.1, -0.05) is 19.1 Å². The van der Waals surface area contributed by atoms with E-state index in [-0.39, 0.29) is 24.9 Å². The molecule has 1 saturated heterocycles. The quantitative estimate of drug-likeness (QED) is 0.548. The number of alkyl carbamates (subject to hydrolysis) is 1. The fourth-order valence-electron chi connectivity index (χ4n) is 4.26. The van der Waals surface area contributed by atoms with Crippen LogP contribution in [0.3, 0.4) is 0 Å². The van der Waals surface area contributed by atoms with E-state index in [2.05, 4.69) is 22.8 Å². The molecule has 1 saturated carbocycles. The van der Waals surface area contributed by atoms with Crippen LogP contribution in [0, 0.1) is 5.92 Å². The van der Waals surface area contributed by atoms with Gasteiger partial charge in [-0.05, 0) is 52.4 Å². The van der Waals surface area contributed by atoms with E-state index in [0.717, 1.165) is 19.3 Å². The third kappa shape index (κ3) is 6.45. The standard InChI is InChI=1S/C23H37N3O6/c1-5-18-19(25-22(30)32-23(2,3)4)21(29)26-13-15(27)12-17(26)20(28)24-16-11-14(16)9-7-6-8-10-31-18/h7,9,14-19,27H,5-6,8,10-13H2,1-4H3,(H,24,28)(H,25,30)/b9-7-/t14-,15-,16?,17?,18?,19+/m1/s1. The van der Waals surface area contributed by atoms with Gasteiger partial charge < -0.3 is 30.1 Å². The van der Waals surface area contributed by atoms with Gasteiger partial charge in [0.1, 0.15) is 17.7 Å². The first-order valence-corrected chi connectivity index (χ1v) is 11.7. The molecular formula is C23H37N3O6. The molecule has 2 fully saturated rings. The number of amides is 3. The van der Waals surface area contributed by atoms with E-state index in [1.165, 1.54) is 4.90 Å². The molecule has 2 aliphatic heterocycles. The molecule has 2 heterocycles. The van der Waals surface area contributed by atoms with Gasteiger partial charge in [0.25, 0.3) is 0 Å². The number of rotatable bonds is 2. The van der Waals surface area contributed by atoms with Gasteiger partial charge in [-0.3, -0.25) is 9.59 Å². The molecule has 0 bridgehead atoms. The van der Waals surface area contributed by atoms with Gasteiger partial charge in [-0.15, -0.1) is 0 Å². The highest BCUT2D eigenvalue weighted by atomic mass is 16.6. The largest absolute Gasteiger partial charge is 0.444 e. The van der Waals surface area contributed by atoms with E-state index in [0.29, 0.717) is 18.9 Å². The van der Waals surface area contributed by atoms with Crippen LogP contribution in [0.4, 0.5) is 4.79 Å². The molecular weight excluding hydrogens is 414 g/mol. The Morgan fingerprint density at radius 1 is 1.34 bits per heavy atom. The fourth-order valence-corrected chi connectivity index (χ4v) is 4.26. The van der Waals surface area contributed by atoms with Crippen LogP contribution >= 0.6 is 0 Å². The Hall–Kier alpha value is -2.13. The molecule has 0 radical (unpaired) electrons. The zero-order valence-electron chi connectivity index (χ0n) is 19.5. The minimum absolute atomic E-state index is 0.0356. The molecule has 180 valence electrons. The summed E-state index contributed by atoms with van der Waals surface area (Å²) < 4.78 is 11.4. The Balaban J connectivity index is 1.84. The van der Waals surface area contributed by atoms with E-state index >= 15 is 0 Å². The van der Waals surface area contributed by atoms with E-state index in [9.17, 15) is 19.5 Å². The molecule has 3 unspecified atom stereocenters. The van der Waals surface area contributed by atoms with Crippen molar-refractivity contribution in [1.82, 2.24) is 15.5 Å². The van der Waals surface area contributed by atoms with E-state index in [1.54, 1.807) is 20.8 Å². The Morgan fingerprint density at radius 3 is 2.78 bits per heavy atom. The van der Waals surface area contributed by atoms with Crippen molar-refractivity contribution < 1.29 is 29.0 Å². The number of nitrogens with one attached hydrogen (secondary N) is 2. The molecule has 9 nitrogen and oxygen atoms in total. The van der Waals surface area contributed by atoms with Crippen LogP contribution in [-0.2, 0) is 19.1 Å². The topological polar surface area (TPSA) is 117 Å². The summed E-state index contributed by atoms with van der Waals surface area (Å²) in [6.45, 7) is 7.59. The van der Waals surface area contributed by atoms with Gasteiger partial charge in [0.05, 0.1) is 12.2 Å². The van der Waals surface area contributed by atoms with Crippen LogP contribution in [0.2, 0.25) is 0 Å². The lowest BCUT2D eigenvalue weighted by atomic mass is 10.1. The van der Waals surface area contributed by atoms with Crippen molar-refractivity contribution in [3.63, 3.8) is 0 Å². The highest BCUT2D eigenvalue weighted by Crippen LogP contribution is 2.33. The Morgan fingerprint density at radius 2 is 2.09 bits per heavy atom. The summed E-state index contributed by atoms with van der Waals surface area (Å²) in [4.78, 5) is 40.4. The average Bonchev–Trinajstić information content (AvgIpc) is 3.30. The smallest absolute Gasteiger partial charge is 0.408 e. The van der Waals surface area contributed by atoms with Crippen LogP contribution in [0.25, 0.3) is 0 Å². The molecule has 1 aliphatic carbocycles. The lowest BCUT2D eigenvalue weighted by Crippen LogP contribution is -2.58. The number of fused-ring (bicyclic) bond motifs is 2. The maximum Gasteiger partial charge on any atom is 0.408 e. The maximum atomic E-state index is 13.6. The predicted molar refractivity (Wildman–Crippen MR) is 118 cm³/mol. The lowest BCUT2D eigenvalue weighted by molar-refractivity contribution is -0.143. The van der Waals surface area contributed by atoms with Crippen LogP contribution < -0.4 is 10.6 Å².